The fourth-order valence-electron chi connectivity index (χ4n) is 8.95. The normalized spacial score (nSPS) is 14.5. The molecule has 57 heavy (non-hydrogen) atoms. The molecule has 2 nitrogen and oxygen atoms in total. The maximum atomic E-state index is 5.31. The molecule has 10 aromatic rings. The second-order valence-electron chi connectivity index (χ2n) is 15.0. The van der Waals surface area contributed by atoms with Gasteiger partial charge in [0.25, 0.3) is 0 Å². The van der Waals surface area contributed by atoms with Crippen LogP contribution in [0.1, 0.15) is 23.6 Å². The first-order chi connectivity index (χ1) is 28.1. The maximum Gasteiger partial charge on any atom is 0.160 e. The quantitative estimate of drug-likeness (QED) is 0.169. The Labute approximate surface area is 336 Å². The fourth-order valence-corrected chi connectivity index (χ4v) is 10.2. The smallest absolute Gasteiger partial charge is 0.160 e. The number of hydrogen-bond acceptors (Lipinski definition) is 3. The molecule has 0 radical (unpaired) electrons. The number of thiophene rings is 1. The van der Waals surface area contributed by atoms with Gasteiger partial charge in [-0.3, -0.25) is 0 Å². The van der Waals surface area contributed by atoms with Crippen LogP contribution in [-0.4, -0.2) is 9.97 Å². The van der Waals surface area contributed by atoms with Gasteiger partial charge < -0.3 is 0 Å². The van der Waals surface area contributed by atoms with Crippen molar-refractivity contribution in [2.24, 2.45) is 0 Å². The molecule has 0 aliphatic heterocycles. The molecule has 3 heteroatoms. The number of benzene rings is 8. The van der Waals surface area contributed by atoms with Gasteiger partial charge in [0.15, 0.2) is 5.82 Å². The summed E-state index contributed by atoms with van der Waals surface area (Å²) in [5.74, 6) is 0.712. The van der Waals surface area contributed by atoms with Crippen LogP contribution >= 0.6 is 11.3 Å². The Morgan fingerprint density at radius 1 is 0.404 bits per heavy atom. The molecule has 2 aromatic heterocycles. The number of fused-ring (bicyclic) bond motifs is 6. The van der Waals surface area contributed by atoms with Gasteiger partial charge in [-0.05, 0) is 75.7 Å². The van der Waals surface area contributed by atoms with Crippen LogP contribution in [0.2, 0.25) is 0 Å². The van der Waals surface area contributed by atoms with Crippen molar-refractivity contribution < 1.29 is 0 Å². The highest BCUT2D eigenvalue weighted by molar-refractivity contribution is 7.26. The SMILES string of the molecule is CC1(c2ccccc2)c2ccccc2-c2c(-c3cc(-c4ccc(-c5cc(-c6ccccc6)c6sc7ccccc7c6c5)cc4)nc(-c4ccccc4)n3)cccc21. The lowest BCUT2D eigenvalue weighted by Crippen LogP contribution is -2.22. The zero-order chi connectivity index (χ0) is 37.9. The van der Waals surface area contributed by atoms with E-state index in [2.05, 4.69) is 201 Å². The van der Waals surface area contributed by atoms with E-state index in [9.17, 15) is 0 Å². The molecular weight excluding hydrogens is 709 g/mol. The molecule has 268 valence electrons. The van der Waals surface area contributed by atoms with Crippen LogP contribution in [0.3, 0.4) is 0 Å². The van der Waals surface area contributed by atoms with E-state index in [0.717, 1.165) is 28.1 Å². The van der Waals surface area contributed by atoms with Crippen molar-refractivity contribution in [1.82, 2.24) is 9.97 Å². The van der Waals surface area contributed by atoms with Crippen LogP contribution in [0.4, 0.5) is 0 Å². The van der Waals surface area contributed by atoms with Gasteiger partial charge in [-0.1, -0.05) is 176 Å². The Morgan fingerprint density at radius 3 is 1.81 bits per heavy atom. The van der Waals surface area contributed by atoms with Gasteiger partial charge in [-0.15, -0.1) is 11.3 Å². The fraction of sp³-hybridized carbons (Fsp3) is 0.0370. The minimum Gasteiger partial charge on any atom is -0.228 e. The maximum absolute atomic E-state index is 5.31. The van der Waals surface area contributed by atoms with Crippen LogP contribution in [0.5, 0.6) is 0 Å². The summed E-state index contributed by atoms with van der Waals surface area (Å²) >= 11 is 1.87. The standard InChI is InChI=1S/C54H36N2S/c1-54(40-20-9-4-10-21-40)46-25-13-11-23-42(46)51-43(24-15-26-47(51)54)49-34-48(55-53(56-49)38-18-7-3-8-19-38)37-30-28-35(29-31-37)39-32-44(36-16-5-2-6-17-36)52-45(33-39)41-22-12-14-27-50(41)57-52/h2-34H,1H3. The second kappa shape index (κ2) is 13.4. The molecule has 1 atom stereocenters. The summed E-state index contributed by atoms with van der Waals surface area (Å²) in [7, 11) is 0. The van der Waals surface area contributed by atoms with E-state index in [1.165, 1.54) is 70.2 Å². The third-order valence-electron chi connectivity index (χ3n) is 11.8. The Kier molecular flexibility index (Phi) is 7.84. The molecule has 11 rings (SSSR count). The monoisotopic (exact) mass is 744 g/mol. The van der Waals surface area contributed by atoms with Crippen LogP contribution in [0, 0.1) is 0 Å². The molecule has 8 aromatic carbocycles. The van der Waals surface area contributed by atoms with Gasteiger partial charge in [0.05, 0.1) is 11.4 Å². The lowest BCUT2D eigenvalue weighted by atomic mass is 9.74. The minimum absolute atomic E-state index is 0.296. The molecule has 0 saturated heterocycles. The minimum atomic E-state index is -0.296. The number of aromatic nitrogens is 2. The van der Waals surface area contributed by atoms with Crippen molar-refractivity contribution >= 4 is 31.5 Å². The number of nitrogens with zero attached hydrogens (tertiary/aromatic N) is 2. The first-order valence-electron chi connectivity index (χ1n) is 19.5. The van der Waals surface area contributed by atoms with Crippen molar-refractivity contribution in [3.63, 3.8) is 0 Å². The van der Waals surface area contributed by atoms with Crippen molar-refractivity contribution in [3.05, 3.63) is 217 Å². The second-order valence-corrected chi connectivity index (χ2v) is 16.1. The predicted octanol–water partition coefficient (Wildman–Crippen LogP) is 14.5. The van der Waals surface area contributed by atoms with Gasteiger partial charge in [-0.25, -0.2) is 9.97 Å². The Bertz CT molecular complexity index is 3110. The Morgan fingerprint density at radius 2 is 1.02 bits per heavy atom. The van der Waals surface area contributed by atoms with Crippen molar-refractivity contribution in [1.29, 1.82) is 0 Å². The van der Waals surface area contributed by atoms with E-state index < -0.39 is 0 Å². The zero-order valence-corrected chi connectivity index (χ0v) is 32.2. The van der Waals surface area contributed by atoms with Gasteiger partial charge >= 0.3 is 0 Å². The lowest BCUT2D eigenvalue weighted by molar-refractivity contribution is 0.714. The van der Waals surface area contributed by atoms with Crippen LogP contribution in [-0.2, 0) is 5.41 Å². The van der Waals surface area contributed by atoms with Gasteiger partial charge in [0, 0.05) is 47.8 Å². The van der Waals surface area contributed by atoms with Gasteiger partial charge in [0.2, 0.25) is 0 Å². The van der Waals surface area contributed by atoms with E-state index in [-0.39, 0.29) is 5.41 Å². The summed E-state index contributed by atoms with van der Waals surface area (Å²) in [6.45, 7) is 2.36. The molecule has 1 aliphatic rings. The van der Waals surface area contributed by atoms with Gasteiger partial charge in [-0.2, -0.15) is 0 Å². The molecule has 2 heterocycles. The number of hydrogen-bond donors (Lipinski definition) is 0. The summed E-state index contributed by atoms with van der Waals surface area (Å²) in [6, 6.07) is 72.1. The highest BCUT2D eigenvalue weighted by atomic mass is 32.1. The highest BCUT2D eigenvalue weighted by Gasteiger charge is 2.41. The van der Waals surface area contributed by atoms with Crippen molar-refractivity contribution in [3.8, 4) is 67.3 Å². The molecule has 1 aliphatic carbocycles. The molecule has 0 fully saturated rings. The Balaban J connectivity index is 1.06. The molecule has 0 saturated carbocycles. The summed E-state index contributed by atoms with van der Waals surface area (Å²) in [5, 5.41) is 2.60. The van der Waals surface area contributed by atoms with Crippen molar-refractivity contribution in [2.75, 3.05) is 0 Å². The van der Waals surface area contributed by atoms with E-state index >= 15 is 0 Å². The average molecular weight is 745 g/mol. The molecule has 0 spiro atoms. The molecule has 0 bridgehead atoms. The summed E-state index contributed by atoms with van der Waals surface area (Å²) in [5.41, 5.74) is 15.9. The van der Waals surface area contributed by atoms with Crippen LogP contribution < -0.4 is 0 Å². The first kappa shape index (κ1) is 33.4. The lowest BCUT2D eigenvalue weighted by Gasteiger charge is -2.28. The third-order valence-corrected chi connectivity index (χ3v) is 13.0. The third kappa shape index (κ3) is 5.46. The molecule has 1 unspecified atom stereocenters. The zero-order valence-electron chi connectivity index (χ0n) is 31.4. The largest absolute Gasteiger partial charge is 0.228 e. The van der Waals surface area contributed by atoms with Gasteiger partial charge in [0.1, 0.15) is 0 Å². The predicted molar refractivity (Wildman–Crippen MR) is 240 cm³/mol. The van der Waals surface area contributed by atoms with Crippen LogP contribution in [0.25, 0.3) is 87.5 Å². The highest BCUT2D eigenvalue weighted by Crippen LogP contribution is 2.55. The van der Waals surface area contributed by atoms with E-state index in [0.29, 0.717) is 5.82 Å². The van der Waals surface area contributed by atoms with Crippen molar-refractivity contribution in [2.45, 2.75) is 12.3 Å². The van der Waals surface area contributed by atoms with E-state index in [1.54, 1.807) is 0 Å². The topological polar surface area (TPSA) is 25.8 Å². The summed E-state index contributed by atoms with van der Waals surface area (Å²) in [4.78, 5) is 10.5. The van der Waals surface area contributed by atoms with Crippen LogP contribution in [0.15, 0.2) is 200 Å². The molecule has 0 amide bonds. The summed E-state index contributed by atoms with van der Waals surface area (Å²) < 4.78 is 2.63. The average Bonchev–Trinajstić information content (AvgIpc) is 3.80. The molecular formula is C54H36N2S. The van der Waals surface area contributed by atoms with E-state index in [1.807, 2.05) is 17.4 Å². The molecule has 0 N–H and O–H groups in total. The van der Waals surface area contributed by atoms with E-state index in [4.69, 9.17) is 9.97 Å². The Hall–Kier alpha value is -6.94. The summed E-state index contributed by atoms with van der Waals surface area (Å²) in [6.07, 6.45) is 0. The number of rotatable bonds is 6. The first-order valence-corrected chi connectivity index (χ1v) is 20.3.